The van der Waals surface area contributed by atoms with E-state index in [-0.39, 0.29) is 30.8 Å². The first-order chi connectivity index (χ1) is 11.1. The number of para-hydroxylation sites is 2. The van der Waals surface area contributed by atoms with Gasteiger partial charge in [0.25, 0.3) is 0 Å². The van der Waals surface area contributed by atoms with Gasteiger partial charge in [-0.25, -0.2) is 0 Å². The smallest absolute Gasteiger partial charge is 0.244 e. The van der Waals surface area contributed by atoms with Crippen LogP contribution in [-0.4, -0.2) is 50.5 Å². The molecule has 0 saturated carbocycles. The molecule has 0 aliphatic heterocycles. The normalized spacial score (nSPS) is 9.79. The van der Waals surface area contributed by atoms with Gasteiger partial charge in [0.1, 0.15) is 5.75 Å². The molecule has 0 spiro atoms. The number of carbonyl (C=O) groups excluding carboxylic acids is 2. The highest BCUT2D eigenvalue weighted by Gasteiger charge is 2.16. The summed E-state index contributed by atoms with van der Waals surface area (Å²) in [7, 11) is 3.41. The number of hydrogen-bond acceptors (Lipinski definition) is 4. The van der Waals surface area contributed by atoms with Crippen LogP contribution in [0.2, 0.25) is 0 Å². The van der Waals surface area contributed by atoms with Gasteiger partial charge in [-0.3, -0.25) is 9.59 Å². The number of ether oxygens (including phenoxy) is 1. The van der Waals surface area contributed by atoms with E-state index in [1.54, 1.807) is 24.1 Å². The lowest BCUT2D eigenvalue weighted by molar-refractivity contribution is -0.134. The minimum atomic E-state index is -0.218. The number of nitrogens with zero attached hydrogens (tertiary/aromatic N) is 1. The summed E-state index contributed by atoms with van der Waals surface area (Å²) in [5, 5.41) is 5.82. The van der Waals surface area contributed by atoms with Crippen LogP contribution in [0.25, 0.3) is 0 Å². The van der Waals surface area contributed by atoms with E-state index in [2.05, 4.69) is 10.6 Å². The molecule has 0 heterocycles. The summed E-state index contributed by atoms with van der Waals surface area (Å²) in [5.74, 6) is 0.394. The minimum absolute atomic E-state index is 0. The Bertz CT molecular complexity index is 512. The summed E-state index contributed by atoms with van der Waals surface area (Å²) >= 11 is 0. The number of halogens is 1. The van der Waals surface area contributed by atoms with Crippen molar-refractivity contribution in [3.8, 4) is 5.75 Å². The van der Waals surface area contributed by atoms with E-state index >= 15 is 0 Å². The van der Waals surface area contributed by atoms with Crippen LogP contribution in [0.1, 0.15) is 26.2 Å². The van der Waals surface area contributed by atoms with Crippen LogP contribution >= 0.6 is 12.4 Å². The van der Waals surface area contributed by atoms with Gasteiger partial charge >= 0.3 is 0 Å². The van der Waals surface area contributed by atoms with Crippen molar-refractivity contribution in [3.05, 3.63) is 24.3 Å². The van der Waals surface area contributed by atoms with Crippen LogP contribution in [0.4, 0.5) is 5.69 Å². The molecule has 2 amide bonds. The first-order valence-electron chi connectivity index (χ1n) is 7.97. The second-order valence-electron chi connectivity index (χ2n) is 5.27. The number of benzene rings is 1. The quantitative estimate of drug-likeness (QED) is 0.630. The summed E-state index contributed by atoms with van der Waals surface area (Å²) in [6.07, 6.45) is 2.03. The number of carbonyl (C=O) groups is 2. The molecule has 0 radical (unpaired) electrons. The van der Waals surface area contributed by atoms with Gasteiger partial charge in [-0.15, -0.1) is 12.4 Å². The molecule has 0 aliphatic carbocycles. The Hall–Kier alpha value is -1.79. The number of rotatable bonds is 10. The zero-order valence-electron chi connectivity index (χ0n) is 14.6. The molecule has 1 rings (SSSR count). The maximum Gasteiger partial charge on any atom is 0.244 e. The van der Waals surface area contributed by atoms with Crippen LogP contribution in [-0.2, 0) is 9.59 Å². The van der Waals surface area contributed by atoms with Crippen molar-refractivity contribution in [2.24, 2.45) is 0 Å². The molecular formula is C17H28ClN3O3. The van der Waals surface area contributed by atoms with E-state index in [4.69, 9.17) is 4.74 Å². The molecule has 1 aromatic carbocycles. The Morgan fingerprint density at radius 2 is 1.96 bits per heavy atom. The second-order valence-corrected chi connectivity index (χ2v) is 5.27. The van der Waals surface area contributed by atoms with Gasteiger partial charge in [0.15, 0.2) is 0 Å². The topological polar surface area (TPSA) is 70.7 Å². The van der Waals surface area contributed by atoms with Crippen LogP contribution < -0.4 is 15.4 Å². The zero-order valence-corrected chi connectivity index (χ0v) is 15.4. The minimum Gasteiger partial charge on any atom is -0.495 e. The van der Waals surface area contributed by atoms with E-state index in [0.29, 0.717) is 24.4 Å². The maximum absolute atomic E-state index is 12.2. The van der Waals surface area contributed by atoms with Crippen molar-refractivity contribution in [1.29, 1.82) is 0 Å². The number of anilines is 1. The molecule has 136 valence electrons. The molecule has 6 nitrogen and oxygen atoms in total. The third kappa shape index (κ3) is 7.66. The molecule has 0 saturated heterocycles. The van der Waals surface area contributed by atoms with Crippen LogP contribution in [0, 0.1) is 0 Å². The summed E-state index contributed by atoms with van der Waals surface area (Å²) in [6.45, 7) is 3.42. The average Bonchev–Trinajstić information content (AvgIpc) is 2.55. The molecule has 0 aromatic heterocycles. The van der Waals surface area contributed by atoms with E-state index in [1.807, 2.05) is 26.1 Å². The van der Waals surface area contributed by atoms with Gasteiger partial charge in [0, 0.05) is 13.0 Å². The molecule has 7 heteroatoms. The highest BCUT2D eigenvalue weighted by Crippen LogP contribution is 2.22. The molecule has 0 atom stereocenters. The lowest BCUT2D eigenvalue weighted by Gasteiger charge is -2.22. The first-order valence-corrected chi connectivity index (χ1v) is 7.97. The third-order valence-electron chi connectivity index (χ3n) is 3.38. The van der Waals surface area contributed by atoms with Crippen molar-refractivity contribution in [1.82, 2.24) is 10.2 Å². The molecule has 24 heavy (non-hydrogen) atoms. The molecule has 0 aliphatic rings. The van der Waals surface area contributed by atoms with Gasteiger partial charge in [0.2, 0.25) is 11.8 Å². The maximum atomic E-state index is 12.2. The summed E-state index contributed by atoms with van der Waals surface area (Å²) in [4.78, 5) is 26.1. The van der Waals surface area contributed by atoms with Gasteiger partial charge in [0.05, 0.1) is 19.3 Å². The summed E-state index contributed by atoms with van der Waals surface area (Å²) in [6, 6.07) is 7.21. The molecular weight excluding hydrogens is 330 g/mol. The molecule has 0 bridgehead atoms. The molecule has 0 unspecified atom stereocenters. The number of methoxy groups -OCH3 is 1. The van der Waals surface area contributed by atoms with Gasteiger partial charge < -0.3 is 20.3 Å². The SMILES string of the molecule is CCCN(CC(=O)Nc1ccccc1OC)C(=O)CCCNC.Cl. The molecule has 2 N–H and O–H groups in total. The van der Waals surface area contributed by atoms with Crippen LogP contribution in [0.3, 0.4) is 0 Å². The lowest BCUT2D eigenvalue weighted by atomic mass is 10.2. The number of nitrogens with one attached hydrogen (secondary N) is 2. The fraction of sp³-hybridized carbons (Fsp3) is 0.529. The van der Waals surface area contributed by atoms with E-state index in [1.165, 1.54) is 0 Å². The van der Waals surface area contributed by atoms with Crippen molar-refractivity contribution in [2.75, 3.05) is 39.1 Å². The fourth-order valence-corrected chi connectivity index (χ4v) is 2.25. The van der Waals surface area contributed by atoms with Crippen molar-refractivity contribution < 1.29 is 14.3 Å². The highest BCUT2D eigenvalue weighted by atomic mass is 35.5. The lowest BCUT2D eigenvalue weighted by Crippen LogP contribution is -2.38. The average molecular weight is 358 g/mol. The monoisotopic (exact) mass is 357 g/mol. The van der Waals surface area contributed by atoms with Gasteiger partial charge in [-0.1, -0.05) is 19.1 Å². The largest absolute Gasteiger partial charge is 0.495 e. The standard InChI is InChI=1S/C17H27N3O3.ClH/c1-4-12-20(17(22)10-7-11-18-2)13-16(21)19-14-8-5-6-9-15(14)23-3;/h5-6,8-9,18H,4,7,10-13H2,1-3H3,(H,19,21);1H. The van der Waals surface area contributed by atoms with E-state index in [9.17, 15) is 9.59 Å². The Morgan fingerprint density at radius 1 is 1.25 bits per heavy atom. The second kappa shape index (κ2) is 12.6. The van der Waals surface area contributed by atoms with E-state index < -0.39 is 0 Å². The first kappa shape index (κ1) is 22.2. The third-order valence-corrected chi connectivity index (χ3v) is 3.38. The van der Waals surface area contributed by atoms with E-state index in [0.717, 1.165) is 19.4 Å². The van der Waals surface area contributed by atoms with Crippen LogP contribution in [0.15, 0.2) is 24.3 Å². The molecule has 1 aromatic rings. The van der Waals surface area contributed by atoms with Crippen molar-refractivity contribution in [3.63, 3.8) is 0 Å². The van der Waals surface area contributed by atoms with Crippen LogP contribution in [0.5, 0.6) is 5.75 Å². The predicted octanol–water partition coefficient (Wildman–Crippen LogP) is 2.29. The summed E-state index contributed by atoms with van der Waals surface area (Å²) < 4.78 is 5.21. The molecule has 0 fully saturated rings. The van der Waals surface area contributed by atoms with Crippen molar-refractivity contribution >= 4 is 29.9 Å². The van der Waals surface area contributed by atoms with Gasteiger partial charge in [-0.2, -0.15) is 0 Å². The predicted molar refractivity (Wildman–Crippen MR) is 98.9 cm³/mol. The van der Waals surface area contributed by atoms with Gasteiger partial charge in [-0.05, 0) is 38.6 Å². The zero-order chi connectivity index (χ0) is 17.1. The summed E-state index contributed by atoms with van der Waals surface area (Å²) in [5.41, 5.74) is 0.610. The highest BCUT2D eigenvalue weighted by molar-refractivity contribution is 5.95. The number of amides is 2. The number of hydrogen-bond donors (Lipinski definition) is 2. The van der Waals surface area contributed by atoms with Crippen molar-refractivity contribution in [2.45, 2.75) is 26.2 Å². The Labute approximate surface area is 150 Å². The Morgan fingerprint density at radius 3 is 2.58 bits per heavy atom. The fourth-order valence-electron chi connectivity index (χ4n) is 2.25. The Balaban J connectivity index is 0.00000529. The Kier molecular flexibility index (Phi) is 11.7.